The molecule has 1 saturated carbocycles. The summed E-state index contributed by atoms with van der Waals surface area (Å²) in [6.45, 7) is 4.10. The number of hydrogen-bond acceptors (Lipinski definition) is 6. The molecular formula is C20H21N5OS2. The second-order valence-electron chi connectivity index (χ2n) is 7.32. The number of imidazole rings is 1. The minimum atomic E-state index is 0.123. The molecule has 4 aromatic heterocycles. The van der Waals surface area contributed by atoms with E-state index in [0.717, 1.165) is 39.5 Å². The molecule has 5 rings (SSSR count). The van der Waals surface area contributed by atoms with Gasteiger partial charge in [0.15, 0.2) is 5.16 Å². The van der Waals surface area contributed by atoms with Gasteiger partial charge in [-0.05, 0) is 38.3 Å². The maximum absolute atomic E-state index is 13.4. The van der Waals surface area contributed by atoms with E-state index < -0.39 is 0 Å². The molecule has 0 aromatic carbocycles. The first-order valence-electron chi connectivity index (χ1n) is 9.55. The maximum Gasteiger partial charge on any atom is 0.263 e. The topological polar surface area (TPSA) is 65.1 Å². The summed E-state index contributed by atoms with van der Waals surface area (Å²) in [6, 6.07) is 2.15. The number of fused-ring (bicyclic) bond motifs is 2. The van der Waals surface area contributed by atoms with E-state index >= 15 is 0 Å². The molecule has 0 atom stereocenters. The third-order valence-corrected chi connectivity index (χ3v) is 7.61. The predicted molar refractivity (Wildman–Crippen MR) is 113 cm³/mol. The molecule has 4 heterocycles. The Morgan fingerprint density at radius 2 is 2.07 bits per heavy atom. The molecule has 0 N–H and O–H groups in total. The lowest BCUT2D eigenvalue weighted by molar-refractivity contribution is 0.458. The van der Waals surface area contributed by atoms with Crippen molar-refractivity contribution in [3.05, 3.63) is 51.1 Å². The van der Waals surface area contributed by atoms with Gasteiger partial charge < -0.3 is 0 Å². The van der Waals surface area contributed by atoms with Gasteiger partial charge in [-0.25, -0.2) is 15.0 Å². The third-order valence-electron chi connectivity index (χ3n) is 5.53. The molecule has 1 aliphatic rings. The van der Waals surface area contributed by atoms with Crippen molar-refractivity contribution < 1.29 is 0 Å². The molecular weight excluding hydrogens is 390 g/mol. The molecule has 0 unspecified atom stereocenters. The van der Waals surface area contributed by atoms with Crippen molar-refractivity contribution in [1.29, 1.82) is 0 Å². The summed E-state index contributed by atoms with van der Waals surface area (Å²) >= 11 is 3.22. The van der Waals surface area contributed by atoms with Crippen LogP contribution < -0.4 is 5.56 Å². The first kappa shape index (κ1) is 17.9. The zero-order valence-electron chi connectivity index (χ0n) is 15.9. The second-order valence-corrected chi connectivity index (χ2v) is 9.46. The van der Waals surface area contributed by atoms with E-state index in [0.29, 0.717) is 11.5 Å². The predicted octanol–water partition coefficient (Wildman–Crippen LogP) is 4.52. The molecule has 0 bridgehead atoms. The van der Waals surface area contributed by atoms with Crippen LogP contribution in [0.5, 0.6) is 0 Å². The van der Waals surface area contributed by atoms with Crippen molar-refractivity contribution in [3.8, 4) is 0 Å². The highest BCUT2D eigenvalue weighted by Gasteiger charge is 2.25. The minimum Gasteiger partial charge on any atom is -0.291 e. The van der Waals surface area contributed by atoms with Gasteiger partial charge in [0.1, 0.15) is 4.83 Å². The second kappa shape index (κ2) is 7.00. The largest absolute Gasteiger partial charge is 0.291 e. The Kier molecular flexibility index (Phi) is 4.47. The minimum absolute atomic E-state index is 0.123. The number of nitrogens with zero attached hydrogens (tertiary/aromatic N) is 5. The fourth-order valence-electron chi connectivity index (χ4n) is 3.96. The Bertz CT molecular complexity index is 1200. The van der Waals surface area contributed by atoms with Gasteiger partial charge in [0.25, 0.3) is 5.56 Å². The highest BCUT2D eigenvalue weighted by atomic mass is 32.2. The quantitative estimate of drug-likeness (QED) is 0.365. The van der Waals surface area contributed by atoms with Crippen LogP contribution in [0.2, 0.25) is 0 Å². The molecule has 0 saturated heterocycles. The van der Waals surface area contributed by atoms with Crippen LogP contribution in [0.4, 0.5) is 0 Å². The molecule has 144 valence electrons. The number of aryl methyl sites for hydroxylation is 2. The lowest BCUT2D eigenvalue weighted by Gasteiger charge is -2.17. The fourth-order valence-corrected chi connectivity index (χ4v) is 5.98. The first-order chi connectivity index (χ1) is 13.6. The monoisotopic (exact) mass is 411 g/mol. The zero-order chi connectivity index (χ0) is 19.3. The van der Waals surface area contributed by atoms with Gasteiger partial charge in [0.05, 0.1) is 11.1 Å². The maximum atomic E-state index is 13.4. The van der Waals surface area contributed by atoms with E-state index in [1.54, 1.807) is 29.3 Å². The molecule has 1 fully saturated rings. The SMILES string of the molecule is Cc1sc2nc(SCc3cn4cccnc4n3)n(C3CCCC3)c(=O)c2c1C. The average molecular weight is 412 g/mol. The van der Waals surface area contributed by atoms with E-state index in [-0.39, 0.29) is 11.6 Å². The number of thiophene rings is 1. The molecule has 0 radical (unpaired) electrons. The Morgan fingerprint density at radius 3 is 2.86 bits per heavy atom. The van der Waals surface area contributed by atoms with E-state index in [2.05, 4.69) is 16.9 Å². The van der Waals surface area contributed by atoms with Crippen LogP contribution in [-0.2, 0) is 5.75 Å². The van der Waals surface area contributed by atoms with Crippen molar-refractivity contribution in [2.24, 2.45) is 0 Å². The van der Waals surface area contributed by atoms with E-state index in [9.17, 15) is 4.79 Å². The van der Waals surface area contributed by atoms with Crippen molar-refractivity contribution in [1.82, 2.24) is 23.9 Å². The van der Waals surface area contributed by atoms with Gasteiger partial charge in [0.2, 0.25) is 5.78 Å². The Morgan fingerprint density at radius 1 is 1.25 bits per heavy atom. The standard InChI is InChI=1S/C20H21N5OS2/c1-12-13(2)28-17-16(12)18(26)25(15-6-3-4-7-15)20(23-17)27-11-14-10-24-9-5-8-21-19(24)22-14/h5,8-10,15H,3-4,6-7,11H2,1-2H3. The summed E-state index contributed by atoms with van der Waals surface area (Å²) in [7, 11) is 0. The summed E-state index contributed by atoms with van der Waals surface area (Å²) in [5.41, 5.74) is 2.14. The average Bonchev–Trinajstić information content (AvgIpc) is 3.40. The number of thioether (sulfide) groups is 1. The van der Waals surface area contributed by atoms with Gasteiger partial charge in [-0.15, -0.1) is 11.3 Å². The molecule has 4 aromatic rings. The molecule has 0 amide bonds. The van der Waals surface area contributed by atoms with Crippen LogP contribution in [0, 0.1) is 13.8 Å². The van der Waals surface area contributed by atoms with Crippen molar-refractivity contribution in [2.45, 2.75) is 56.5 Å². The Hall–Kier alpha value is -2.19. The van der Waals surface area contributed by atoms with Gasteiger partial charge in [-0.1, -0.05) is 24.6 Å². The van der Waals surface area contributed by atoms with Crippen LogP contribution in [0.25, 0.3) is 16.0 Å². The number of aromatic nitrogens is 5. The van der Waals surface area contributed by atoms with Crippen molar-refractivity contribution >= 4 is 39.1 Å². The smallest absolute Gasteiger partial charge is 0.263 e. The highest BCUT2D eigenvalue weighted by Crippen LogP contribution is 2.35. The number of rotatable bonds is 4. The molecule has 0 spiro atoms. The summed E-state index contributed by atoms with van der Waals surface area (Å²) in [4.78, 5) is 29.2. The highest BCUT2D eigenvalue weighted by molar-refractivity contribution is 7.98. The van der Waals surface area contributed by atoms with Gasteiger partial charge in [0, 0.05) is 35.3 Å². The first-order valence-corrected chi connectivity index (χ1v) is 11.4. The fraction of sp³-hybridized carbons (Fsp3) is 0.400. The summed E-state index contributed by atoms with van der Waals surface area (Å²) < 4.78 is 3.88. The lowest BCUT2D eigenvalue weighted by Crippen LogP contribution is -2.26. The van der Waals surface area contributed by atoms with Gasteiger partial charge in [-0.3, -0.25) is 13.8 Å². The molecule has 6 nitrogen and oxygen atoms in total. The van der Waals surface area contributed by atoms with Crippen molar-refractivity contribution in [2.75, 3.05) is 0 Å². The summed E-state index contributed by atoms with van der Waals surface area (Å²) in [5, 5.41) is 1.62. The Labute approximate surface area is 170 Å². The van der Waals surface area contributed by atoms with Crippen LogP contribution >= 0.6 is 23.1 Å². The van der Waals surface area contributed by atoms with Crippen LogP contribution in [0.1, 0.15) is 47.9 Å². The normalized spacial score (nSPS) is 15.2. The van der Waals surface area contributed by atoms with Gasteiger partial charge in [-0.2, -0.15) is 0 Å². The Balaban J connectivity index is 1.56. The number of hydrogen-bond donors (Lipinski definition) is 0. The van der Waals surface area contributed by atoms with E-state index in [1.807, 2.05) is 34.4 Å². The van der Waals surface area contributed by atoms with Crippen LogP contribution in [0.3, 0.4) is 0 Å². The summed E-state index contributed by atoms with van der Waals surface area (Å²) in [5.74, 6) is 1.36. The van der Waals surface area contributed by atoms with E-state index in [4.69, 9.17) is 4.98 Å². The molecule has 1 aliphatic carbocycles. The van der Waals surface area contributed by atoms with Crippen LogP contribution in [0.15, 0.2) is 34.6 Å². The van der Waals surface area contributed by atoms with Crippen molar-refractivity contribution in [3.63, 3.8) is 0 Å². The molecule has 8 heteroatoms. The third kappa shape index (κ3) is 2.95. The van der Waals surface area contributed by atoms with Gasteiger partial charge >= 0.3 is 0 Å². The summed E-state index contributed by atoms with van der Waals surface area (Å²) in [6.07, 6.45) is 10.2. The zero-order valence-corrected chi connectivity index (χ0v) is 17.5. The molecule has 0 aliphatic heterocycles. The van der Waals surface area contributed by atoms with Crippen LogP contribution in [-0.4, -0.2) is 23.9 Å². The van der Waals surface area contributed by atoms with E-state index in [1.165, 1.54) is 17.7 Å². The molecule has 28 heavy (non-hydrogen) atoms. The lowest BCUT2D eigenvalue weighted by atomic mass is 10.2.